The van der Waals surface area contributed by atoms with Crippen molar-refractivity contribution in [1.29, 1.82) is 0 Å². The number of para-hydroxylation sites is 1. The first-order chi connectivity index (χ1) is 8.75. The van der Waals surface area contributed by atoms with E-state index in [4.69, 9.17) is 5.73 Å². The Morgan fingerprint density at radius 3 is 2.94 bits per heavy atom. The van der Waals surface area contributed by atoms with Gasteiger partial charge in [-0.1, -0.05) is 25.0 Å². The van der Waals surface area contributed by atoms with E-state index < -0.39 is 0 Å². The van der Waals surface area contributed by atoms with Crippen molar-refractivity contribution < 1.29 is 4.39 Å². The number of benzene rings is 1. The molecule has 0 aromatic heterocycles. The third-order valence-electron chi connectivity index (χ3n) is 4.64. The Morgan fingerprint density at radius 1 is 1.22 bits per heavy atom. The lowest BCUT2D eigenvalue weighted by atomic mass is 9.85. The van der Waals surface area contributed by atoms with Gasteiger partial charge in [0, 0.05) is 12.6 Å². The van der Waals surface area contributed by atoms with Crippen LogP contribution in [-0.2, 0) is 6.54 Å². The van der Waals surface area contributed by atoms with Crippen LogP contribution in [0.5, 0.6) is 0 Å². The number of nitrogens with zero attached hydrogens (tertiary/aromatic N) is 1. The maximum Gasteiger partial charge on any atom is 0.146 e. The molecule has 2 fully saturated rings. The molecule has 1 saturated heterocycles. The average Bonchev–Trinajstić information content (AvgIpc) is 2.79. The quantitative estimate of drug-likeness (QED) is 0.814. The molecule has 1 heterocycles. The van der Waals surface area contributed by atoms with Crippen LogP contribution in [0.1, 0.15) is 37.7 Å². The first-order valence-electron chi connectivity index (χ1n) is 7.02. The molecule has 0 spiro atoms. The second-order valence-electron chi connectivity index (χ2n) is 5.68. The van der Waals surface area contributed by atoms with Crippen molar-refractivity contribution in [2.24, 2.45) is 5.92 Å². The van der Waals surface area contributed by atoms with Gasteiger partial charge in [0.1, 0.15) is 5.82 Å². The second kappa shape index (κ2) is 4.88. The number of halogens is 1. The Hall–Kier alpha value is -1.09. The molecule has 1 aromatic carbocycles. The highest BCUT2D eigenvalue weighted by molar-refractivity contribution is 5.47. The fourth-order valence-electron chi connectivity index (χ4n) is 3.64. The highest BCUT2D eigenvalue weighted by Crippen LogP contribution is 2.37. The average molecular weight is 248 g/mol. The number of fused-ring (bicyclic) bond motifs is 1. The molecule has 2 N–H and O–H groups in total. The van der Waals surface area contributed by atoms with E-state index in [0.29, 0.717) is 11.7 Å². The van der Waals surface area contributed by atoms with Crippen molar-refractivity contribution in [3.05, 3.63) is 29.6 Å². The van der Waals surface area contributed by atoms with Crippen LogP contribution in [0.25, 0.3) is 0 Å². The van der Waals surface area contributed by atoms with Gasteiger partial charge in [0.25, 0.3) is 0 Å². The van der Waals surface area contributed by atoms with Crippen LogP contribution >= 0.6 is 0 Å². The van der Waals surface area contributed by atoms with Gasteiger partial charge >= 0.3 is 0 Å². The van der Waals surface area contributed by atoms with Crippen molar-refractivity contribution in [2.75, 3.05) is 12.3 Å². The number of hydrogen-bond donors (Lipinski definition) is 1. The molecule has 1 aromatic rings. The van der Waals surface area contributed by atoms with Crippen LogP contribution in [0, 0.1) is 11.7 Å². The van der Waals surface area contributed by atoms with E-state index in [-0.39, 0.29) is 5.82 Å². The summed E-state index contributed by atoms with van der Waals surface area (Å²) in [5.41, 5.74) is 7.10. The molecule has 1 aliphatic carbocycles. The largest absolute Gasteiger partial charge is 0.396 e. The number of nitrogen functional groups attached to an aromatic ring is 1. The van der Waals surface area contributed by atoms with Crippen LogP contribution in [0.3, 0.4) is 0 Å². The van der Waals surface area contributed by atoms with Gasteiger partial charge in [-0.05, 0) is 43.4 Å². The van der Waals surface area contributed by atoms with Crippen LogP contribution in [-0.4, -0.2) is 17.5 Å². The minimum atomic E-state index is -0.285. The predicted molar refractivity (Wildman–Crippen MR) is 71.6 cm³/mol. The Morgan fingerprint density at radius 2 is 2.06 bits per heavy atom. The van der Waals surface area contributed by atoms with E-state index >= 15 is 0 Å². The van der Waals surface area contributed by atoms with Crippen molar-refractivity contribution >= 4 is 5.69 Å². The van der Waals surface area contributed by atoms with Crippen molar-refractivity contribution in [3.63, 3.8) is 0 Å². The number of anilines is 1. The van der Waals surface area contributed by atoms with E-state index in [0.717, 1.165) is 24.6 Å². The minimum absolute atomic E-state index is 0.285. The summed E-state index contributed by atoms with van der Waals surface area (Å²) in [6, 6.07) is 5.86. The molecular weight excluding hydrogens is 227 g/mol. The molecule has 2 atom stereocenters. The summed E-state index contributed by atoms with van der Waals surface area (Å²) in [4.78, 5) is 2.51. The van der Waals surface area contributed by atoms with Crippen molar-refractivity contribution in [3.8, 4) is 0 Å². The summed E-state index contributed by atoms with van der Waals surface area (Å²) < 4.78 is 13.4. The number of rotatable bonds is 2. The lowest BCUT2D eigenvalue weighted by Gasteiger charge is -2.32. The molecule has 2 unspecified atom stereocenters. The van der Waals surface area contributed by atoms with E-state index in [1.165, 1.54) is 38.2 Å². The van der Waals surface area contributed by atoms with Crippen molar-refractivity contribution in [2.45, 2.75) is 44.7 Å². The first-order valence-corrected chi connectivity index (χ1v) is 7.02. The SMILES string of the molecule is Nc1c(F)cccc1CN1CCC2CCCCC21. The highest BCUT2D eigenvalue weighted by Gasteiger charge is 2.35. The zero-order chi connectivity index (χ0) is 12.5. The Bertz CT molecular complexity index is 433. The maximum absolute atomic E-state index is 13.4. The van der Waals surface area contributed by atoms with E-state index in [1.54, 1.807) is 6.07 Å². The molecule has 98 valence electrons. The number of hydrogen-bond acceptors (Lipinski definition) is 2. The molecule has 0 bridgehead atoms. The molecule has 3 heteroatoms. The normalized spacial score (nSPS) is 28.3. The first kappa shape index (κ1) is 12.0. The lowest BCUT2D eigenvalue weighted by Crippen LogP contribution is -2.34. The topological polar surface area (TPSA) is 29.3 Å². The van der Waals surface area contributed by atoms with E-state index in [2.05, 4.69) is 4.90 Å². The molecule has 2 aliphatic rings. The van der Waals surface area contributed by atoms with Gasteiger partial charge in [-0.2, -0.15) is 0 Å². The van der Waals surface area contributed by atoms with Gasteiger partial charge in [0.15, 0.2) is 0 Å². The summed E-state index contributed by atoms with van der Waals surface area (Å²) in [6.45, 7) is 1.95. The van der Waals surface area contributed by atoms with Crippen LogP contribution in [0.15, 0.2) is 18.2 Å². The fourth-order valence-corrected chi connectivity index (χ4v) is 3.64. The maximum atomic E-state index is 13.4. The van der Waals surface area contributed by atoms with E-state index in [1.807, 2.05) is 6.07 Å². The Labute approximate surface area is 108 Å². The predicted octanol–water partition coefficient (Wildman–Crippen LogP) is 3.17. The smallest absolute Gasteiger partial charge is 0.146 e. The zero-order valence-electron chi connectivity index (χ0n) is 10.7. The molecule has 18 heavy (non-hydrogen) atoms. The number of likely N-dealkylation sites (tertiary alicyclic amines) is 1. The lowest BCUT2D eigenvalue weighted by molar-refractivity contribution is 0.176. The van der Waals surface area contributed by atoms with Gasteiger partial charge in [0.2, 0.25) is 0 Å². The molecule has 1 saturated carbocycles. The third-order valence-corrected chi connectivity index (χ3v) is 4.64. The van der Waals surface area contributed by atoms with E-state index in [9.17, 15) is 4.39 Å². The van der Waals surface area contributed by atoms with Gasteiger partial charge in [0.05, 0.1) is 5.69 Å². The standard InChI is InChI=1S/C15H21FN2/c16-13-6-3-5-12(15(13)17)10-18-9-8-11-4-1-2-7-14(11)18/h3,5-6,11,14H,1-2,4,7-10,17H2. The third kappa shape index (κ3) is 2.12. The molecule has 2 nitrogen and oxygen atoms in total. The van der Waals surface area contributed by atoms with Crippen LogP contribution in [0.2, 0.25) is 0 Å². The fraction of sp³-hybridized carbons (Fsp3) is 0.600. The minimum Gasteiger partial charge on any atom is -0.396 e. The van der Waals surface area contributed by atoms with Gasteiger partial charge in [-0.3, -0.25) is 4.90 Å². The van der Waals surface area contributed by atoms with Gasteiger partial charge in [-0.15, -0.1) is 0 Å². The van der Waals surface area contributed by atoms with Gasteiger partial charge in [-0.25, -0.2) is 4.39 Å². The molecule has 0 radical (unpaired) electrons. The highest BCUT2D eigenvalue weighted by atomic mass is 19.1. The number of nitrogens with two attached hydrogens (primary N) is 1. The van der Waals surface area contributed by atoms with Crippen LogP contribution in [0.4, 0.5) is 10.1 Å². The molecule has 0 amide bonds. The van der Waals surface area contributed by atoms with Gasteiger partial charge < -0.3 is 5.73 Å². The molecule has 3 rings (SSSR count). The second-order valence-corrected chi connectivity index (χ2v) is 5.68. The summed E-state index contributed by atoms with van der Waals surface area (Å²) >= 11 is 0. The summed E-state index contributed by atoms with van der Waals surface area (Å²) in [6.07, 6.45) is 6.72. The summed E-state index contributed by atoms with van der Waals surface area (Å²) in [5, 5.41) is 0. The van der Waals surface area contributed by atoms with Crippen molar-refractivity contribution in [1.82, 2.24) is 4.90 Å². The van der Waals surface area contributed by atoms with Crippen LogP contribution < -0.4 is 5.73 Å². The summed E-state index contributed by atoms with van der Waals surface area (Å²) in [7, 11) is 0. The monoisotopic (exact) mass is 248 g/mol. The Balaban J connectivity index is 1.74. The summed E-state index contributed by atoms with van der Waals surface area (Å²) in [5.74, 6) is 0.584. The zero-order valence-corrected chi connectivity index (χ0v) is 10.7. The molecular formula is C15H21FN2. The molecule has 1 aliphatic heterocycles. The Kier molecular flexibility index (Phi) is 3.25.